The molecule has 0 saturated carbocycles. The Bertz CT molecular complexity index is 372. The van der Waals surface area contributed by atoms with Crippen LogP contribution in [0.5, 0.6) is 5.75 Å². The number of methoxy groups -OCH3 is 1. The summed E-state index contributed by atoms with van der Waals surface area (Å²) in [6.45, 7) is 3.82. The zero-order chi connectivity index (χ0) is 12.7. The molecule has 0 bridgehead atoms. The van der Waals surface area contributed by atoms with Gasteiger partial charge in [0.1, 0.15) is 5.75 Å². The molecule has 0 aliphatic heterocycles. The van der Waals surface area contributed by atoms with Crippen LogP contribution in [0.15, 0.2) is 18.2 Å². The van der Waals surface area contributed by atoms with Gasteiger partial charge in [-0.1, -0.05) is 6.92 Å². The van der Waals surface area contributed by atoms with Crippen molar-refractivity contribution in [2.75, 3.05) is 37.0 Å². The third kappa shape index (κ3) is 3.90. The Hall–Kier alpha value is -1.28. The summed E-state index contributed by atoms with van der Waals surface area (Å²) in [4.78, 5) is 2.19. The van der Waals surface area contributed by atoms with Crippen LogP contribution in [0.3, 0.4) is 0 Å². The number of benzene rings is 1. The molecular weight excluding hydrogens is 235 g/mol. The lowest BCUT2D eigenvalue weighted by atomic mass is 10.2. The topological polar surface area (TPSA) is 55.6 Å². The van der Waals surface area contributed by atoms with E-state index in [9.17, 15) is 4.57 Å². The van der Waals surface area contributed by atoms with E-state index < -0.39 is 0 Å². The normalized spacial score (nSPS) is 10.5. The average molecular weight is 254 g/mol. The Labute approximate surface area is 104 Å². The molecule has 0 spiro atoms. The second kappa shape index (κ2) is 7.13. The van der Waals surface area contributed by atoms with E-state index >= 15 is 0 Å². The molecule has 0 unspecified atom stereocenters. The number of ether oxygens (including phenoxy) is 1. The summed E-state index contributed by atoms with van der Waals surface area (Å²) in [6, 6.07) is 5.73. The van der Waals surface area contributed by atoms with Crippen molar-refractivity contribution in [2.24, 2.45) is 0 Å². The molecule has 0 aliphatic rings. The van der Waals surface area contributed by atoms with Crippen molar-refractivity contribution >= 4 is 19.8 Å². The van der Waals surface area contributed by atoms with Crippen molar-refractivity contribution < 1.29 is 9.30 Å². The number of nitrogen functional groups attached to an aromatic ring is 1. The largest absolute Gasteiger partial charge is 0.495 e. The number of rotatable bonds is 7. The van der Waals surface area contributed by atoms with Crippen molar-refractivity contribution in [2.45, 2.75) is 13.3 Å². The first-order valence-corrected chi connectivity index (χ1v) is 6.70. The molecule has 17 heavy (non-hydrogen) atoms. The van der Waals surface area contributed by atoms with Gasteiger partial charge in [-0.3, -0.25) is 4.57 Å². The van der Waals surface area contributed by atoms with Crippen LogP contribution < -0.4 is 15.4 Å². The van der Waals surface area contributed by atoms with Gasteiger partial charge in [-0.25, -0.2) is 0 Å². The first-order chi connectivity index (χ1) is 8.22. The SMILES string of the molecule is CCCN(CCP=O)c1ccc(N)c(OC)c1. The highest BCUT2D eigenvalue weighted by atomic mass is 31.1. The number of hydrogen-bond acceptors (Lipinski definition) is 4. The van der Waals surface area contributed by atoms with Gasteiger partial charge < -0.3 is 15.4 Å². The molecule has 94 valence electrons. The summed E-state index contributed by atoms with van der Waals surface area (Å²) in [7, 11) is 1.79. The zero-order valence-electron chi connectivity index (χ0n) is 10.3. The van der Waals surface area contributed by atoms with Crippen molar-refractivity contribution in [3.8, 4) is 5.75 Å². The van der Waals surface area contributed by atoms with Gasteiger partial charge in [0.05, 0.1) is 12.8 Å². The fourth-order valence-electron chi connectivity index (χ4n) is 1.70. The smallest absolute Gasteiger partial charge is 0.157 e. The van der Waals surface area contributed by atoms with Gasteiger partial charge in [-0.2, -0.15) is 0 Å². The molecule has 5 heteroatoms. The maximum atomic E-state index is 10.5. The van der Waals surface area contributed by atoms with Gasteiger partial charge in [0.25, 0.3) is 0 Å². The van der Waals surface area contributed by atoms with Crippen molar-refractivity contribution in [3.63, 3.8) is 0 Å². The molecule has 0 aliphatic carbocycles. The summed E-state index contributed by atoms with van der Waals surface area (Å²) in [5.41, 5.74) is 7.47. The molecule has 4 nitrogen and oxygen atoms in total. The second-order valence-corrected chi connectivity index (χ2v) is 4.47. The summed E-state index contributed by atoms with van der Waals surface area (Å²) in [5.74, 6) is 0.684. The zero-order valence-corrected chi connectivity index (χ0v) is 11.2. The lowest BCUT2D eigenvalue weighted by Gasteiger charge is -2.24. The highest BCUT2D eigenvalue weighted by molar-refractivity contribution is 7.23. The number of hydrogen-bond donors (Lipinski definition) is 1. The Morgan fingerprint density at radius 2 is 2.18 bits per heavy atom. The fraction of sp³-hybridized carbons (Fsp3) is 0.500. The Morgan fingerprint density at radius 1 is 1.41 bits per heavy atom. The van der Waals surface area contributed by atoms with Crippen LogP contribution in [0.2, 0.25) is 0 Å². The maximum absolute atomic E-state index is 10.5. The molecular formula is C12H19N2O2P. The Morgan fingerprint density at radius 3 is 2.76 bits per heavy atom. The minimum absolute atomic E-state index is 0.182. The van der Waals surface area contributed by atoms with Crippen molar-refractivity contribution in [1.29, 1.82) is 0 Å². The van der Waals surface area contributed by atoms with Crippen LogP contribution in [0, 0.1) is 0 Å². The van der Waals surface area contributed by atoms with E-state index in [0.717, 1.165) is 25.2 Å². The average Bonchev–Trinajstić information content (AvgIpc) is 2.35. The van der Waals surface area contributed by atoms with E-state index in [1.165, 1.54) is 0 Å². The summed E-state index contributed by atoms with van der Waals surface area (Å²) < 4.78 is 15.8. The minimum Gasteiger partial charge on any atom is -0.495 e. The van der Waals surface area contributed by atoms with Gasteiger partial charge in [0.2, 0.25) is 0 Å². The van der Waals surface area contributed by atoms with Crippen LogP contribution in [0.4, 0.5) is 11.4 Å². The van der Waals surface area contributed by atoms with E-state index in [0.29, 0.717) is 17.6 Å². The third-order valence-electron chi connectivity index (χ3n) is 2.54. The number of anilines is 2. The molecule has 0 atom stereocenters. The van der Waals surface area contributed by atoms with Gasteiger partial charge in [0, 0.05) is 31.0 Å². The van der Waals surface area contributed by atoms with Crippen molar-refractivity contribution in [1.82, 2.24) is 0 Å². The molecule has 0 radical (unpaired) electrons. The summed E-state index contributed by atoms with van der Waals surface area (Å²) in [5, 5.41) is 0. The van der Waals surface area contributed by atoms with Crippen molar-refractivity contribution in [3.05, 3.63) is 18.2 Å². The van der Waals surface area contributed by atoms with E-state index in [2.05, 4.69) is 11.8 Å². The van der Waals surface area contributed by atoms with E-state index in [1.807, 2.05) is 18.2 Å². The summed E-state index contributed by atoms with van der Waals surface area (Å²) >= 11 is 0. The van der Waals surface area contributed by atoms with E-state index in [-0.39, 0.29) is 8.46 Å². The van der Waals surface area contributed by atoms with Gasteiger partial charge in [-0.15, -0.1) is 0 Å². The second-order valence-electron chi connectivity index (χ2n) is 3.77. The minimum atomic E-state index is 0.182. The monoisotopic (exact) mass is 254 g/mol. The van der Waals surface area contributed by atoms with E-state index in [4.69, 9.17) is 10.5 Å². The number of nitrogens with zero attached hydrogens (tertiary/aromatic N) is 1. The molecule has 1 aromatic carbocycles. The molecule has 0 heterocycles. The predicted molar refractivity (Wildman–Crippen MR) is 72.4 cm³/mol. The lowest BCUT2D eigenvalue weighted by Crippen LogP contribution is -2.26. The Balaban J connectivity index is 2.88. The lowest BCUT2D eigenvalue weighted by molar-refractivity contribution is 0.417. The first-order valence-electron chi connectivity index (χ1n) is 5.70. The van der Waals surface area contributed by atoms with Gasteiger partial charge >= 0.3 is 0 Å². The van der Waals surface area contributed by atoms with Crippen LogP contribution in [-0.2, 0) is 4.57 Å². The molecule has 0 amide bonds. The van der Waals surface area contributed by atoms with Gasteiger partial charge in [-0.05, 0) is 18.6 Å². The molecule has 2 N–H and O–H groups in total. The molecule has 0 saturated heterocycles. The molecule has 1 rings (SSSR count). The highest BCUT2D eigenvalue weighted by Gasteiger charge is 2.08. The van der Waals surface area contributed by atoms with Crippen LogP contribution in [0.1, 0.15) is 13.3 Å². The molecule has 1 aromatic rings. The van der Waals surface area contributed by atoms with Crippen LogP contribution in [0.25, 0.3) is 0 Å². The quantitative estimate of drug-likeness (QED) is 0.600. The first kappa shape index (κ1) is 13.8. The van der Waals surface area contributed by atoms with E-state index in [1.54, 1.807) is 7.11 Å². The highest BCUT2D eigenvalue weighted by Crippen LogP contribution is 2.27. The predicted octanol–water partition coefficient (Wildman–Crippen LogP) is 2.79. The third-order valence-corrected chi connectivity index (χ3v) is 2.92. The maximum Gasteiger partial charge on any atom is 0.157 e. The number of nitrogens with two attached hydrogens (primary N) is 1. The standard InChI is InChI=1S/C12H19N2O2P/c1-3-6-14(7-8-17-15)10-4-5-11(13)12(9-10)16-2/h4-5,9H,3,6-8,13H2,1-2H3. The van der Waals surface area contributed by atoms with Gasteiger partial charge in [0.15, 0.2) is 8.46 Å². The Kier molecular flexibility index (Phi) is 5.78. The summed E-state index contributed by atoms with van der Waals surface area (Å²) in [6.07, 6.45) is 1.68. The van der Waals surface area contributed by atoms with Crippen LogP contribution >= 0.6 is 8.46 Å². The molecule has 0 fully saturated rings. The van der Waals surface area contributed by atoms with Crippen LogP contribution in [-0.4, -0.2) is 26.4 Å². The fourth-order valence-corrected chi connectivity index (χ4v) is 2.02. The molecule has 0 aromatic heterocycles.